The van der Waals surface area contributed by atoms with Crippen LogP contribution >= 0.6 is 0 Å². The Kier molecular flexibility index (Phi) is 5.45. The van der Waals surface area contributed by atoms with Crippen molar-refractivity contribution < 1.29 is 9.90 Å². The van der Waals surface area contributed by atoms with Crippen molar-refractivity contribution in [3.8, 4) is 5.69 Å². The Morgan fingerprint density at radius 2 is 1.81 bits per heavy atom. The minimum absolute atomic E-state index is 0.0301. The maximum Gasteiger partial charge on any atom is 0.356 e. The summed E-state index contributed by atoms with van der Waals surface area (Å²) in [5, 5.41) is 14.3. The van der Waals surface area contributed by atoms with Crippen LogP contribution in [0, 0.1) is 19.8 Å². The average molecular weight is 369 g/mol. The lowest BCUT2D eigenvalue weighted by Gasteiger charge is -2.22. The first-order valence-electron chi connectivity index (χ1n) is 10.1. The number of aromatic carboxylic acids is 1. The highest BCUT2D eigenvalue weighted by Gasteiger charge is 2.25. The van der Waals surface area contributed by atoms with Gasteiger partial charge in [-0.25, -0.2) is 9.48 Å². The third-order valence-electron chi connectivity index (χ3n) is 5.83. The van der Waals surface area contributed by atoms with Crippen LogP contribution in [0.3, 0.4) is 0 Å². The van der Waals surface area contributed by atoms with E-state index in [0.29, 0.717) is 5.92 Å². The molecule has 0 amide bonds. The van der Waals surface area contributed by atoms with E-state index in [-0.39, 0.29) is 11.1 Å². The van der Waals surface area contributed by atoms with Crippen LogP contribution in [-0.2, 0) is 11.8 Å². The monoisotopic (exact) mass is 368 g/mol. The normalized spacial score (nSPS) is 15.9. The molecule has 0 aliphatic heterocycles. The number of nitrogens with zero attached hydrogens (tertiary/aromatic N) is 2. The van der Waals surface area contributed by atoms with Crippen LogP contribution in [0.5, 0.6) is 0 Å². The number of carboxylic acid groups (broad SMARTS) is 1. The summed E-state index contributed by atoms with van der Waals surface area (Å²) in [6.45, 7) is 10.7. The number of benzene rings is 1. The van der Waals surface area contributed by atoms with E-state index in [4.69, 9.17) is 0 Å². The van der Waals surface area contributed by atoms with Gasteiger partial charge >= 0.3 is 5.97 Å². The quantitative estimate of drug-likeness (QED) is 0.763. The van der Waals surface area contributed by atoms with Crippen molar-refractivity contribution in [2.24, 2.45) is 5.92 Å². The molecule has 1 aromatic heterocycles. The largest absolute Gasteiger partial charge is 0.476 e. The molecule has 4 nitrogen and oxygen atoms in total. The molecule has 1 aliphatic rings. The van der Waals surface area contributed by atoms with Gasteiger partial charge in [-0.15, -0.1) is 0 Å². The summed E-state index contributed by atoms with van der Waals surface area (Å²) in [5.74, 6) is -0.345. The summed E-state index contributed by atoms with van der Waals surface area (Å²) in [4.78, 5) is 11.9. The molecule has 1 heterocycles. The van der Waals surface area contributed by atoms with Gasteiger partial charge in [0.05, 0.1) is 5.69 Å². The third-order valence-corrected chi connectivity index (χ3v) is 5.83. The predicted octanol–water partition coefficient (Wildman–Crippen LogP) is 5.61. The molecular weight excluding hydrogens is 336 g/mol. The highest BCUT2D eigenvalue weighted by molar-refractivity contribution is 5.87. The van der Waals surface area contributed by atoms with E-state index in [9.17, 15) is 9.90 Å². The first-order chi connectivity index (χ1) is 12.7. The van der Waals surface area contributed by atoms with E-state index in [0.717, 1.165) is 28.9 Å². The molecule has 2 aromatic rings. The van der Waals surface area contributed by atoms with Crippen LogP contribution in [0.4, 0.5) is 0 Å². The highest BCUT2D eigenvalue weighted by Crippen LogP contribution is 2.31. The summed E-state index contributed by atoms with van der Waals surface area (Å²) in [7, 11) is 0. The molecule has 1 saturated carbocycles. The van der Waals surface area contributed by atoms with Gasteiger partial charge in [0.2, 0.25) is 0 Å². The zero-order valence-corrected chi connectivity index (χ0v) is 17.3. The Morgan fingerprint density at radius 3 is 2.41 bits per heavy atom. The average Bonchev–Trinajstić information content (AvgIpc) is 2.91. The van der Waals surface area contributed by atoms with Gasteiger partial charge in [-0.3, -0.25) is 0 Å². The molecule has 0 spiro atoms. The van der Waals surface area contributed by atoms with Crippen molar-refractivity contribution in [2.75, 3.05) is 0 Å². The first-order valence-corrected chi connectivity index (χ1v) is 10.1. The van der Waals surface area contributed by atoms with Gasteiger partial charge in [-0.05, 0) is 54.9 Å². The fraction of sp³-hybridized carbons (Fsp3) is 0.565. The molecule has 4 heteroatoms. The summed E-state index contributed by atoms with van der Waals surface area (Å²) < 4.78 is 1.84. The third kappa shape index (κ3) is 4.26. The number of carbonyl (C=O) groups is 1. The fourth-order valence-corrected chi connectivity index (χ4v) is 4.20. The number of carboxylic acids is 1. The lowest BCUT2D eigenvalue weighted by Crippen LogP contribution is -2.13. The number of hydrogen-bond donors (Lipinski definition) is 1. The van der Waals surface area contributed by atoms with Crippen LogP contribution < -0.4 is 0 Å². The van der Waals surface area contributed by atoms with Gasteiger partial charge in [-0.1, -0.05) is 58.9 Å². The number of hydrogen-bond acceptors (Lipinski definition) is 2. The molecule has 1 N–H and O–H groups in total. The molecule has 1 aromatic carbocycles. The summed E-state index contributed by atoms with van der Waals surface area (Å²) in [6, 6.07) is 6.43. The van der Waals surface area contributed by atoms with E-state index < -0.39 is 5.97 Å². The van der Waals surface area contributed by atoms with Crippen molar-refractivity contribution in [1.82, 2.24) is 9.78 Å². The van der Waals surface area contributed by atoms with Gasteiger partial charge in [0.25, 0.3) is 0 Å². The molecule has 0 unspecified atom stereocenters. The van der Waals surface area contributed by atoms with Crippen molar-refractivity contribution in [3.63, 3.8) is 0 Å². The van der Waals surface area contributed by atoms with Gasteiger partial charge in [0, 0.05) is 11.3 Å². The van der Waals surface area contributed by atoms with Crippen molar-refractivity contribution in [3.05, 3.63) is 46.3 Å². The Hall–Kier alpha value is -2.10. The zero-order chi connectivity index (χ0) is 19.8. The van der Waals surface area contributed by atoms with E-state index in [1.54, 1.807) is 0 Å². The second-order valence-electron chi connectivity index (χ2n) is 9.14. The smallest absolute Gasteiger partial charge is 0.356 e. The maximum atomic E-state index is 11.9. The molecule has 3 rings (SSSR count). The zero-order valence-electron chi connectivity index (χ0n) is 17.3. The van der Waals surface area contributed by atoms with Crippen molar-refractivity contribution in [2.45, 2.75) is 78.6 Å². The van der Waals surface area contributed by atoms with Crippen LogP contribution in [0.25, 0.3) is 5.69 Å². The van der Waals surface area contributed by atoms with E-state index in [2.05, 4.69) is 51.0 Å². The minimum atomic E-state index is -0.925. The van der Waals surface area contributed by atoms with E-state index >= 15 is 0 Å². The van der Waals surface area contributed by atoms with E-state index in [1.807, 2.05) is 11.6 Å². The highest BCUT2D eigenvalue weighted by atomic mass is 16.4. The van der Waals surface area contributed by atoms with Gasteiger partial charge in [0.1, 0.15) is 0 Å². The van der Waals surface area contributed by atoms with Gasteiger partial charge < -0.3 is 5.11 Å². The molecule has 1 fully saturated rings. The lowest BCUT2D eigenvalue weighted by atomic mass is 9.84. The summed E-state index contributed by atoms with van der Waals surface area (Å²) in [5.41, 5.74) is 5.47. The lowest BCUT2D eigenvalue weighted by molar-refractivity contribution is 0.0688. The summed E-state index contributed by atoms with van der Waals surface area (Å²) in [6.07, 6.45) is 7.04. The molecule has 0 bridgehead atoms. The SMILES string of the molecule is Cc1cc(-n2nc(C(=O)O)c(CC3CCCCC3)c2C)cc(C(C)(C)C)c1. The van der Waals surface area contributed by atoms with E-state index in [1.165, 1.54) is 37.7 Å². The maximum absolute atomic E-state index is 11.9. The minimum Gasteiger partial charge on any atom is -0.476 e. The molecule has 146 valence electrons. The molecule has 27 heavy (non-hydrogen) atoms. The molecule has 0 atom stereocenters. The van der Waals surface area contributed by atoms with Gasteiger partial charge in [-0.2, -0.15) is 5.10 Å². The second kappa shape index (κ2) is 7.49. The van der Waals surface area contributed by atoms with Crippen LogP contribution in [0.2, 0.25) is 0 Å². The molecule has 0 radical (unpaired) electrons. The van der Waals surface area contributed by atoms with Crippen LogP contribution in [0.1, 0.15) is 85.7 Å². The van der Waals surface area contributed by atoms with Crippen molar-refractivity contribution in [1.29, 1.82) is 0 Å². The number of aromatic nitrogens is 2. The topological polar surface area (TPSA) is 55.1 Å². The molecule has 1 aliphatic carbocycles. The van der Waals surface area contributed by atoms with Crippen molar-refractivity contribution >= 4 is 5.97 Å². The summed E-state index contributed by atoms with van der Waals surface area (Å²) >= 11 is 0. The predicted molar refractivity (Wildman–Crippen MR) is 109 cm³/mol. The Morgan fingerprint density at radius 1 is 1.15 bits per heavy atom. The number of aryl methyl sites for hydroxylation is 1. The fourth-order valence-electron chi connectivity index (χ4n) is 4.20. The second-order valence-corrected chi connectivity index (χ2v) is 9.14. The Balaban J connectivity index is 2.05. The Labute approximate surface area is 162 Å². The standard InChI is InChI=1S/C23H32N2O2/c1-15-11-18(23(3,4)5)14-19(12-15)25-16(2)20(21(24-25)22(26)27)13-17-9-7-6-8-10-17/h11-12,14,17H,6-10,13H2,1-5H3,(H,26,27). The molecular formula is C23H32N2O2. The first kappa shape index (κ1) is 19.7. The molecule has 0 saturated heterocycles. The van der Waals surface area contributed by atoms with Crippen LogP contribution in [0.15, 0.2) is 18.2 Å². The number of rotatable bonds is 4. The van der Waals surface area contributed by atoms with Crippen LogP contribution in [-0.4, -0.2) is 20.9 Å². The van der Waals surface area contributed by atoms with Gasteiger partial charge in [0.15, 0.2) is 5.69 Å². The Bertz CT molecular complexity index is 837.